The highest BCUT2D eigenvalue weighted by Crippen LogP contribution is 2.17. The molecule has 3 heteroatoms. The van der Waals surface area contributed by atoms with Gasteiger partial charge in [0.1, 0.15) is 0 Å². The van der Waals surface area contributed by atoms with Crippen LogP contribution in [0.15, 0.2) is 28.7 Å². The Labute approximate surface area is 92.8 Å². The summed E-state index contributed by atoms with van der Waals surface area (Å²) in [5.74, 6) is 0. The summed E-state index contributed by atoms with van der Waals surface area (Å²) in [7, 11) is 0. The molecule has 0 saturated carbocycles. The van der Waals surface area contributed by atoms with E-state index in [2.05, 4.69) is 45.5 Å². The summed E-state index contributed by atoms with van der Waals surface area (Å²) in [6.45, 7) is 1.77. The first kappa shape index (κ1) is 9.99. The van der Waals surface area contributed by atoms with Crippen LogP contribution in [0.25, 0.3) is 0 Å². The van der Waals surface area contributed by atoms with Crippen molar-refractivity contribution >= 4 is 21.6 Å². The van der Waals surface area contributed by atoms with Crippen LogP contribution < -0.4 is 5.32 Å². The summed E-state index contributed by atoms with van der Waals surface area (Å²) in [4.78, 5) is 0. The van der Waals surface area contributed by atoms with Gasteiger partial charge in [0, 0.05) is 29.4 Å². The van der Waals surface area contributed by atoms with Crippen LogP contribution in [0.5, 0.6) is 0 Å². The molecule has 2 nitrogen and oxygen atoms in total. The molecule has 1 N–H and O–H groups in total. The smallest absolute Gasteiger partial charge is 0.0485 e. The van der Waals surface area contributed by atoms with E-state index < -0.39 is 0 Å². The molecule has 0 bridgehead atoms. The van der Waals surface area contributed by atoms with E-state index >= 15 is 0 Å². The van der Waals surface area contributed by atoms with Gasteiger partial charge in [-0.05, 0) is 37.1 Å². The van der Waals surface area contributed by atoms with Gasteiger partial charge in [-0.2, -0.15) is 0 Å². The molecule has 0 atom stereocenters. The highest BCUT2D eigenvalue weighted by Gasteiger charge is 2.12. The number of ether oxygens (including phenoxy) is 1. The third-order valence-corrected chi connectivity index (χ3v) is 2.96. The first-order valence-electron chi connectivity index (χ1n) is 4.94. The normalized spacial score (nSPS) is 18.1. The Balaban J connectivity index is 1.92. The van der Waals surface area contributed by atoms with Gasteiger partial charge in [0.15, 0.2) is 0 Å². The zero-order valence-corrected chi connectivity index (χ0v) is 9.59. The zero-order valence-electron chi connectivity index (χ0n) is 8.00. The van der Waals surface area contributed by atoms with Crippen LogP contribution in [0, 0.1) is 0 Å². The molecule has 1 aliphatic heterocycles. The zero-order chi connectivity index (χ0) is 9.80. The molecule has 0 radical (unpaired) electrons. The van der Waals surface area contributed by atoms with Crippen molar-refractivity contribution in [1.29, 1.82) is 0 Å². The number of hydrogen-bond donors (Lipinski definition) is 1. The maximum Gasteiger partial charge on any atom is 0.0485 e. The average Bonchev–Trinajstić information content (AvgIpc) is 2.23. The summed E-state index contributed by atoms with van der Waals surface area (Å²) in [6, 6.07) is 8.88. The number of hydrogen-bond acceptors (Lipinski definition) is 2. The lowest BCUT2D eigenvalue weighted by molar-refractivity contribution is 0.0904. The van der Waals surface area contributed by atoms with Gasteiger partial charge in [-0.1, -0.05) is 15.9 Å². The van der Waals surface area contributed by atoms with Crippen LogP contribution in [0.3, 0.4) is 0 Å². The molecule has 0 amide bonds. The number of rotatable bonds is 2. The summed E-state index contributed by atoms with van der Waals surface area (Å²) in [5, 5.41) is 3.51. The molecule has 1 aliphatic rings. The Morgan fingerprint density at radius 1 is 1.14 bits per heavy atom. The van der Waals surface area contributed by atoms with Gasteiger partial charge < -0.3 is 10.1 Å². The SMILES string of the molecule is Brc1ccc(NC2CCOCC2)cc1. The minimum atomic E-state index is 0.574. The minimum absolute atomic E-state index is 0.574. The van der Waals surface area contributed by atoms with E-state index in [-0.39, 0.29) is 0 Å². The van der Waals surface area contributed by atoms with E-state index in [9.17, 15) is 0 Å². The Morgan fingerprint density at radius 3 is 2.43 bits per heavy atom. The number of benzene rings is 1. The molecule has 14 heavy (non-hydrogen) atoms. The molecule has 1 saturated heterocycles. The Bertz CT molecular complexity index is 280. The van der Waals surface area contributed by atoms with Gasteiger partial charge >= 0.3 is 0 Å². The van der Waals surface area contributed by atoms with Crippen LogP contribution in [-0.2, 0) is 4.74 Å². The average molecular weight is 256 g/mol. The fraction of sp³-hybridized carbons (Fsp3) is 0.455. The van der Waals surface area contributed by atoms with E-state index in [4.69, 9.17) is 4.74 Å². The van der Waals surface area contributed by atoms with Crippen molar-refractivity contribution < 1.29 is 4.74 Å². The summed E-state index contributed by atoms with van der Waals surface area (Å²) in [5.41, 5.74) is 1.19. The molecule has 0 unspecified atom stereocenters. The molecule has 0 spiro atoms. The molecule has 76 valence electrons. The van der Waals surface area contributed by atoms with Crippen LogP contribution in [0.2, 0.25) is 0 Å². The third-order valence-electron chi connectivity index (χ3n) is 2.44. The highest BCUT2D eigenvalue weighted by molar-refractivity contribution is 9.10. The second kappa shape index (κ2) is 4.80. The first-order chi connectivity index (χ1) is 6.84. The largest absolute Gasteiger partial charge is 0.382 e. The lowest BCUT2D eigenvalue weighted by atomic mass is 10.1. The molecule has 0 aromatic heterocycles. The Kier molecular flexibility index (Phi) is 3.43. The Hall–Kier alpha value is -0.540. The molecule has 1 heterocycles. The van der Waals surface area contributed by atoms with Gasteiger partial charge in [0.05, 0.1) is 0 Å². The van der Waals surface area contributed by atoms with E-state index in [1.54, 1.807) is 0 Å². The fourth-order valence-electron chi connectivity index (χ4n) is 1.62. The van der Waals surface area contributed by atoms with Gasteiger partial charge in [-0.25, -0.2) is 0 Å². The molecule has 1 fully saturated rings. The molecule has 2 rings (SSSR count). The molecular formula is C11H14BrNO. The summed E-state index contributed by atoms with van der Waals surface area (Å²) >= 11 is 3.42. The topological polar surface area (TPSA) is 21.3 Å². The van der Waals surface area contributed by atoms with Crippen molar-refractivity contribution in [3.8, 4) is 0 Å². The Morgan fingerprint density at radius 2 is 1.79 bits per heavy atom. The number of halogens is 1. The number of anilines is 1. The second-order valence-electron chi connectivity index (χ2n) is 3.54. The maximum absolute atomic E-state index is 5.31. The van der Waals surface area contributed by atoms with Gasteiger partial charge in [0.25, 0.3) is 0 Å². The maximum atomic E-state index is 5.31. The van der Waals surface area contributed by atoms with Crippen molar-refractivity contribution in [2.75, 3.05) is 18.5 Å². The molecule has 0 aliphatic carbocycles. The first-order valence-corrected chi connectivity index (χ1v) is 5.74. The van der Waals surface area contributed by atoms with Crippen molar-refractivity contribution in [2.24, 2.45) is 0 Å². The summed E-state index contributed by atoms with van der Waals surface area (Å²) in [6.07, 6.45) is 2.21. The van der Waals surface area contributed by atoms with E-state index in [1.807, 2.05) is 0 Å². The predicted octanol–water partition coefficient (Wildman–Crippen LogP) is 3.04. The van der Waals surface area contributed by atoms with E-state index in [0.717, 1.165) is 30.5 Å². The number of nitrogens with one attached hydrogen (secondary N) is 1. The molecule has 1 aromatic carbocycles. The van der Waals surface area contributed by atoms with Crippen molar-refractivity contribution in [3.63, 3.8) is 0 Å². The van der Waals surface area contributed by atoms with E-state index in [0.29, 0.717) is 6.04 Å². The van der Waals surface area contributed by atoms with Gasteiger partial charge in [-0.3, -0.25) is 0 Å². The van der Waals surface area contributed by atoms with Crippen molar-refractivity contribution in [3.05, 3.63) is 28.7 Å². The monoisotopic (exact) mass is 255 g/mol. The third kappa shape index (κ3) is 2.72. The highest BCUT2D eigenvalue weighted by atomic mass is 79.9. The van der Waals surface area contributed by atoms with E-state index in [1.165, 1.54) is 5.69 Å². The van der Waals surface area contributed by atoms with Crippen LogP contribution in [0.4, 0.5) is 5.69 Å². The van der Waals surface area contributed by atoms with Crippen LogP contribution >= 0.6 is 15.9 Å². The molecule has 1 aromatic rings. The van der Waals surface area contributed by atoms with Crippen molar-refractivity contribution in [2.45, 2.75) is 18.9 Å². The fourth-order valence-corrected chi connectivity index (χ4v) is 1.89. The lowest BCUT2D eigenvalue weighted by Gasteiger charge is -2.24. The van der Waals surface area contributed by atoms with Gasteiger partial charge in [0.2, 0.25) is 0 Å². The predicted molar refractivity (Wildman–Crippen MR) is 61.6 cm³/mol. The standard InChI is InChI=1S/C11H14BrNO/c12-9-1-3-10(4-2-9)13-11-5-7-14-8-6-11/h1-4,11,13H,5-8H2. The van der Waals surface area contributed by atoms with Crippen LogP contribution in [-0.4, -0.2) is 19.3 Å². The van der Waals surface area contributed by atoms with Gasteiger partial charge in [-0.15, -0.1) is 0 Å². The lowest BCUT2D eigenvalue weighted by Crippen LogP contribution is -2.27. The van der Waals surface area contributed by atoms with Crippen molar-refractivity contribution in [1.82, 2.24) is 0 Å². The minimum Gasteiger partial charge on any atom is -0.382 e. The summed E-state index contributed by atoms with van der Waals surface area (Å²) < 4.78 is 6.43. The van der Waals surface area contributed by atoms with Crippen LogP contribution in [0.1, 0.15) is 12.8 Å². The molecular weight excluding hydrogens is 242 g/mol. The quantitative estimate of drug-likeness (QED) is 0.878. The second-order valence-corrected chi connectivity index (χ2v) is 4.45.